The lowest BCUT2D eigenvalue weighted by molar-refractivity contribution is 0.598. The number of thiazole rings is 1. The Labute approximate surface area is 108 Å². The van der Waals surface area contributed by atoms with E-state index in [1.54, 1.807) is 21.4 Å². The van der Waals surface area contributed by atoms with Crippen LogP contribution in [0.1, 0.15) is 19.9 Å². The molecule has 1 N–H and O–H groups in total. The first-order chi connectivity index (χ1) is 8.68. The Bertz CT molecular complexity index is 737. The van der Waals surface area contributed by atoms with Crippen molar-refractivity contribution in [3.05, 3.63) is 39.6 Å². The Hall–Kier alpha value is -1.88. The number of H-pyrrole nitrogens is 1. The molecule has 0 amide bonds. The third-order valence-corrected chi connectivity index (χ3v) is 3.56. The highest BCUT2D eigenvalue weighted by Gasteiger charge is 2.13. The minimum atomic E-state index is -0.0670. The van der Waals surface area contributed by atoms with Crippen molar-refractivity contribution in [1.82, 2.24) is 14.5 Å². The quantitative estimate of drug-likeness (QED) is 0.769. The summed E-state index contributed by atoms with van der Waals surface area (Å²) in [5.41, 5.74) is 5.41. The van der Waals surface area contributed by atoms with Crippen LogP contribution in [0.4, 0.5) is 0 Å². The van der Waals surface area contributed by atoms with Gasteiger partial charge in [0.05, 0.1) is 22.2 Å². The van der Waals surface area contributed by atoms with Crippen molar-refractivity contribution in [3.8, 4) is 11.3 Å². The summed E-state index contributed by atoms with van der Waals surface area (Å²) in [4.78, 5) is 19.2. The Morgan fingerprint density at radius 1 is 1.39 bits per heavy atom. The van der Waals surface area contributed by atoms with Crippen LogP contribution >= 0.6 is 11.3 Å². The predicted molar refractivity (Wildman–Crippen MR) is 74.1 cm³/mol. The summed E-state index contributed by atoms with van der Waals surface area (Å²) in [6.07, 6.45) is 0. The van der Waals surface area contributed by atoms with E-state index < -0.39 is 0 Å². The van der Waals surface area contributed by atoms with Crippen molar-refractivity contribution < 1.29 is 0 Å². The van der Waals surface area contributed by atoms with Gasteiger partial charge in [0.1, 0.15) is 0 Å². The largest absolute Gasteiger partial charge is 0.326 e. The molecular formula is C13H13N3OS. The van der Waals surface area contributed by atoms with E-state index >= 15 is 0 Å². The monoisotopic (exact) mass is 259 g/mol. The second-order valence-electron chi connectivity index (χ2n) is 4.47. The molecule has 18 heavy (non-hydrogen) atoms. The first-order valence-corrected chi connectivity index (χ1v) is 6.74. The van der Waals surface area contributed by atoms with Gasteiger partial charge in [-0.1, -0.05) is 12.1 Å². The van der Waals surface area contributed by atoms with E-state index in [0.717, 1.165) is 22.3 Å². The Kier molecular flexibility index (Phi) is 2.56. The lowest BCUT2D eigenvalue weighted by Crippen LogP contribution is -2.18. The fourth-order valence-electron chi connectivity index (χ4n) is 2.22. The molecule has 3 aromatic rings. The van der Waals surface area contributed by atoms with E-state index in [1.807, 2.05) is 37.4 Å². The van der Waals surface area contributed by atoms with Crippen molar-refractivity contribution >= 4 is 22.4 Å². The number of aromatic amines is 1. The number of hydrogen-bond donors (Lipinski definition) is 1. The third-order valence-electron chi connectivity index (χ3n) is 2.98. The Morgan fingerprint density at radius 3 is 2.89 bits per heavy atom. The molecule has 0 bridgehead atoms. The molecule has 0 unspecified atom stereocenters. The van der Waals surface area contributed by atoms with Gasteiger partial charge in [0, 0.05) is 17.0 Å². The molecule has 0 saturated carbocycles. The number of para-hydroxylation sites is 1. The average Bonchev–Trinajstić information content (AvgIpc) is 2.93. The van der Waals surface area contributed by atoms with Crippen LogP contribution in [0.5, 0.6) is 0 Å². The normalized spacial score (nSPS) is 11.5. The summed E-state index contributed by atoms with van der Waals surface area (Å²) >= 11 is 1.55. The molecule has 0 aliphatic rings. The maximum Gasteiger partial charge on any atom is 0.326 e. The van der Waals surface area contributed by atoms with Crippen LogP contribution in [0.25, 0.3) is 22.3 Å². The van der Waals surface area contributed by atoms with Crippen LogP contribution in [0.15, 0.2) is 33.9 Å². The summed E-state index contributed by atoms with van der Waals surface area (Å²) in [5.74, 6) is 0. The second kappa shape index (κ2) is 4.10. The summed E-state index contributed by atoms with van der Waals surface area (Å²) in [7, 11) is 0. The van der Waals surface area contributed by atoms with Gasteiger partial charge >= 0.3 is 5.69 Å². The standard InChI is InChI=1S/C13H13N3OS/c1-8(2)16-11-5-3-4-9(10-6-18-7-14-10)12(11)15-13(16)17/h3-8H,1-2H3,(H,15,17). The van der Waals surface area contributed by atoms with E-state index in [-0.39, 0.29) is 11.7 Å². The fourth-order valence-corrected chi connectivity index (χ4v) is 2.77. The molecular weight excluding hydrogens is 246 g/mol. The number of nitrogens with zero attached hydrogens (tertiary/aromatic N) is 2. The smallest absolute Gasteiger partial charge is 0.305 e. The molecule has 2 aromatic heterocycles. The SMILES string of the molecule is CC(C)n1c(=O)[nH]c2c(-c3cscn3)cccc21. The highest BCUT2D eigenvalue weighted by atomic mass is 32.1. The summed E-state index contributed by atoms with van der Waals surface area (Å²) < 4.78 is 1.77. The maximum absolute atomic E-state index is 12.0. The minimum absolute atomic E-state index is 0.0670. The average molecular weight is 259 g/mol. The van der Waals surface area contributed by atoms with Crippen LogP contribution in [0.3, 0.4) is 0 Å². The fraction of sp³-hybridized carbons (Fsp3) is 0.231. The number of hydrogen-bond acceptors (Lipinski definition) is 3. The number of imidazole rings is 1. The van der Waals surface area contributed by atoms with Gasteiger partial charge in [0.25, 0.3) is 0 Å². The van der Waals surface area contributed by atoms with E-state index in [1.165, 1.54) is 0 Å². The van der Waals surface area contributed by atoms with Gasteiger partial charge in [0.15, 0.2) is 0 Å². The molecule has 0 atom stereocenters. The maximum atomic E-state index is 12.0. The molecule has 4 nitrogen and oxygen atoms in total. The molecule has 0 fully saturated rings. The molecule has 0 aliphatic heterocycles. The van der Waals surface area contributed by atoms with Gasteiger partial charge in [0.2, 0.25) is 0 Å². The van der Waals surface area contributed by atoms with Gasteiger partial charge in [-0.25, -0.2) is 9.78 Å². The van der Waals surface area contributed by atoms with Gasteiger partial charge < -0.3 is 4.98 Å². The van der Waals surface area contributed by atoms with E-state index in [4.69, 9.17) is 0 Å². The van der Waals surface area contributed by atoms with E-state index in [2.05, 4.69) is 9.97 Å². The summed E-state index contributed by atoms with van der Waals surface area (Å²) in [6, 6.07) is 6.04. The highest BCUT2D eigenvalue weighted by molar-refractivity contribution is 7.07. The molecule has 0 spiro atoms. The molecule has 0 aliphatic carbocycles. The summed E-state index contributed by atoms with van der Waals surface area (Å²) in [6.45, 7) is 4.01. The van der Waals surface area contributed by atoms with Crippen molar-refractivity contribution in [2.24, 2.45) is 0 Å². The van der Waals surface area contributed by atoms with Gasteiger partial charge in [-0.3, -0.25) is 4.57 Å². The zero-order valence-corrected chi connectivity index (χ0v) is 11.0. The number of nitrogens with one attached hydrogen (secondary N) is 1. The van der Waals surface area contributed by atoms with E-state index in [9.17, 15) is 4.79 Å². The first kappa shape index (κ1) is 11.2. The summed E-state index contributed by atoms with van der Waals surface area (Å²) in [5, 5.41) is 1.99. The number of aromatic nitrogens is 3. The molecule has 3 rings (SSSR count). The number of benzene rings is 1. The minimum Gasteiger partial charge on any atom is -0.305 e. The van der Waals surface area contributed by atoms with Crippen LogP contribution in [0, 0.1) is 0 Å². The molecule has 0 radical (unpaired) electrons. The van der Waals surface area contributed by atoms with Crippen LogP contribution in [0.2, 0.25) is 0 Å². The van der Waals surface area contributed by atoms with Crippen molar-refractivity contribution in [1.29, 1.82) is 0 Å². The lowest BCUT2D eigenvalue weighted by atomic mass is 10.1. The Balaban J connectivity index is 2.37. The molecule has 1 aromatic carbocycles. The van der Waals surface area contributed by atoms with Gasteiger partial charge in [-0.05, 0) is 19.9 Å². The molecule has 5 heteroatoms. The number of rotatable bonds is 2. The molecule has 2 heterocycles. The highest BCUT2D eigenvalue weighted by Crippen LogP contribution is 2.27. The van der Waals surface area contributed by atoms with Crippen molar-refractivity contribution in [2.75, 3.05) is 0 Å². The van der Waals surface area contributed by atoms with Gasteiger partial charge in [-0.15, -0.1) is 11.3 Å². The molecule has 0 saturated heterocycles. The lowest BCUT2D eigenvalue weighted by Gasteiger charge is -2.07. The third kappa shape index (κ3) is 1.59. The topological polar surface area (TPSA) is 50.7 Å². The zero-order chi connectivity index (χ0) is 12.7. The van der Waals surface area contributed by atoms with Crippen LogP contribution in [-0.2, 0) is 0 Å². The zero-order valence-electron chi connectivity index (χ0n) is 10.2. The molecule has 92 valence electrons. The predicted octanol–water partition coefficient (Wildman–Crippen LogP) is 3.03. The van der Waals surface area contributed by atoms with Crippen LogP contribution < -0.4 is 5.69 Å². The second-order valence-corrected chi connectivity index (χ2v) is 5.19. The van der Waals surface area contributed by atoms with Gasteiger partial charge in [-0.2, -0.15) is 0 Å². The van der Waals surface area contributed by atoms with Crippen molar-refractivity contribution in [2.45, 2.75) is 19.9 Å². The Morgan fingerprint density at radius 2 is 2.22 bits per heavy atom. The van der Waals surface area contributed by atoms with Crippen LogP contribution in [-0.4, -0.2) is 14.5 Å². The number of fused-ring (bicyclic) bond motifs is 1. The van der Waals surface area contributed by atoms with E-state index in [0.29, 0.717) is 0 Å². The first-order valence-electron chi connectivity index (χ1n) is 5.80. The van der Waals surface area contributed by atoms with Crippen molar-refractivity contribution in [3.63, 3.8) is 0 Å².